The first-order valence-electron chi connectivity index (χ1n) is 9.53. The number of piperidine rings is 1. The summed E-state index contributed by atoms with van der Waals surface area (Å²) < 4.78 is 30.6. The fourth-order valence-electron chi connectivity index (χ4n) is 3.41. The van der Waals surface area contributed by atoms with E-state index in [2.05, 4.69) is 15.2 Å². The molecule has 2 aliphatic rings. The average Bonchev–Trinajstić information content (AvgIpc) is 2.73. The predicted octanol–water partition coefficient (Wildman–Crippen LogP) is 0.596. The van der Waals surface area contributed by atoms with E-state index < -0.39 is 10.0 Å². The van der Waals surface area contributed by atoms with Crippen LogP contribution in [0, 0.1) is 5.92 Å². The number of nitrogens with zero attached hydrogens (tertiary/aromatic N) is 3. The molecule has 1 aromatic rings. The number of amides is 1. The minimum absolute atomic E-state index is 0.0131. The van der Waals surface area contributed by atoms with Crippen LogP contribution in [0.25, 0.3) is 0 Å². The maximum Gasteiger partial charge on any atom is 0.223 e. The fourth-order valence-corrected chi connectivity index (χ4v) is 4.55. The largest absolute Gasteiger partial charge is 0.378 e. The molecule has 1 amide bonds. The van der Waals surface area contributed by atoms with Crippen LogP contribution in [0.4, 0.5) is 5.82 Å². The number of anilines is 1. The van der Waals surface area contributed by atoms with Crippen molar-refractivity contribution in [3.05, 3.63) is 23.9 Å². The van der Waals surface area contributed by atoms with Crippen LogP contribution in [-0.2, 0) is 26.1 Å². The van der Waals surface area contributed by atoms with Crippen LogP contribution in [0.1, 0.15) is 25.3 Å². The monoisotopic (exact) mass is 396 g/mol. The number of ether oxygens (including phenoxy) is 1. The molecule has 0 bridgehead atoms. The van der Waals surface area contributed by atoms with Gasteiger partial charge >= 0.3 is 0 Å². The fraction of sp³-hybridized carbons (Fsp3) is 0.667. The lowest BCUT2D eigenvalue weighted by Gasteiger charge is -2.30. The summed E-state index contributed by atoms with van der Waals surface area (Å²) in [5.41, 5.74) is 0.950. The van der Waals surface area contributed by atoms with E-state index in [1.54, 1.807) is 13.1 Å². The Morgan fingerprint density at radius 3 is 2.52 bits per heavy atom. The molecule has 2 saturated heterocycles. The highest BCUT2D eigenvalue weighted by atomic mass is 32.2. The van der Waals surface area contributed by atoms with Crippen molar-refractivity contribution in [2.75, 3.05) is 50.0 Å². The van der Waals surface area contributed by atoms with Gasteiger partial charge in [0.2, 0.25) is 15.9 Å². The number of nitrogens with one attached hydrogen (secondary N) is 1. The molecular formula is C18H28N4O4S. The molecule has 8 nitrogen and oxygen atoms in total. The predicted molar refractivity (Wildman–Crippen MR) is 103 cm³/mol. The zero-order chi connectivity index (χ0) is 19.3. The normalized spacial score (nSPS) is 19.8. The number of sulfonamides is 1. The standard InChI is InChI=1S/C18H28N4O4S/c1-2-27(24,25)22-7-5-16(6-8-22)18(23)20-14-15-3-4-17(19-13-15)21-9-11-26-12-10-21/h3-4,13,16H,2,5-12,14H2,1H3,(H,20,23). The van der Waals surface area contributed by atoms with Crippen molar-refractivity contribution in [2.45, 2.75) is 26.3 Å². The Morgan fingerprint density at radius 1 is 1.22 bits per heavy atom. The van der Waals surface area contributed by atoms with Crippen LogP contribution in [-0.4, -0.2) is 68.8 Å². The lowest BCUT2D eigenvalue weighted by Crippen LogP contribution is -2.43. The second-order valence-electron chi connectivity index (χ2n) is 6.92. The minimum atomic E-state index is -3.16. The minimum Gasteiger partial charge on any atom is -0.378 e. The Morgan fingerprint density at radius 2 is 1.93 bits per heavy atom. The summed E-state index contributed by atoms with van der Waals surface area (Å²) in [6.07, 6.45) is 2.93. The second kappa shape index (κ2) is 8.99. The molecule has 2 aliphatic heterocycles. The van der Waals surface area contributed by atoms with Crippen LogP contribution in [0.5, 0.6) is 0 Å². The quantitative estimate of drug-likeness (QED) is 0.757. The second-order valence-corrected chi connectivity index (χ2v) is 9.17. The highest BCUT2D eigenvalue weighted by molar-refractivity contribution is 7.89. The van der Waals surface area contributed by atoms with Crippen LogP contribution in [0.3, 0.4) is 0 Å². The molecule has 3 rings (SSSR count). The summed E-state index contributed by atoms with van der Waals surface area (Å²) in [5, 5.41) is 2.95. The van der Waals surface area contributed by atoms with Gasteiger partial charge in [0.25, 0.3) is 0 Å². The average molecular weight is 397 g/mol. The Labute approximate surface area is 160 Å². The molecule has 150 valence electrons. The van der Waals surface area contributed by atoms with Crippen molar-refractivity contribution in [2.24, 2.45) is 5.92 Å². The third-order valence-electron chi connectivity index (χ3n) is 5.19. The molecule has 0 spiro atoms. The molecule has 9 heteroatoms. The number of morpholine rings is 1. The molecule has 0 saturated carbocycles. The Balaban J connectivity index is 1.45. The van der Waals surface area contributed by atoms with Gasteiger partial charge < -0.3 is 15.0 Å². The van der Waals surface area contributed by atoms with Gasteiger partial charge in [0.15, 0.2) is 0 Å². The third-order valence-corrected chi connectivity index (χ3v) is 7.08. The Bertz CT molecular complexity index is 724. The van der Waals surface area contributed by atoms with Gasteiger partial charge in [0.1, 0.15) is 5.82 Å². The number of rotatable bonds is 6. The van der Waals surface area contributed by atoms with Crippen molar-refractivity contribution >= 4 is 21.7 Å². The summed E-state index contributed by atoms with van der Waals surface area (Å²) >= 11 is 0. The number of hydrogen-bond donors (Lipinski definition) is 1. The van der Waals surface area contributed by atoms with Crippen LogP contribution in [0.15, 0.2) is 18.3 Å². The van der Waals surface area contributed by atoms with E-state index in [1.807, 2.05) is 12.1 Å². The third kappa shape index (κ3) is 5.18. The van der Waals surface area contributed by atoms with Crippen molar-refractivity contribution in [1.82, 2.24) is 14.6 Å². The molecular weight excluding hydrogens is 368 g/mol. The van der Waals surface area contributed by atoms with Gasteiger partial charge in [-0.3, -0.25) is 4.79 Å². The highest BCUT2D eigenvalue weighted by Gasteiger charge is 2.29. The van der Waals surface area contributed by atoms with Gasteiger partial charge in [-0.15, -0.1) is 0 Å². The van der Waals surface area contributed by atoms with E-state index in [9.17, 15) is 13.2 Å². The molecule has 0 unspecified atom stereocenters. The Kier molecular flexibility index (Phi) is 6.67. The summed E-state index contributed by atoms with van der Waals surface area (Å²) in [6, 6.07) is 3.95. The zero-order valence-corrected chi connectivity index (χ0v) is 16.6. The number of pyridine rings is 1. The van der Waals surface area contributed by atoms with E-state index in [4.69, 9.17) is 4.74 Å². The molecule has 1 N–H and O–H groups in total. The first-order valence-corrected chi connectivity index (χ1v) is 11.1. The number of hydrogen-bond acceptors (Lipinski definition) is 6. The van der Waals surface area contributed by atoms with E-state index in [1.165, 1.54) is 4.31 Å². The zero-order valence-electron chi connectivity index (χ0n) is 15.8. The van der Waals surface area contributed by atoms with Gasteiger partial charge in [-0.2, -0.15) is 0 Å². The summed E-state index contributed by atoms with van der Waals surface area (Å²) in [7, 11) is -3.16. The summed E-state index contributed by atoms with van der Waals surface area (Å²) in [4.78, 5) is 19.1. The maximum absolute atomic E-state index is 12.4. The Hall–Kier alpha value is -1.71. The molecule has 1 aromatic heterocycles. The van der Waals surface area contributed by atoms with E-state index in [-0.39, 0.29) is 17.6 Å². The van der Waals surface area contributed by atoms with Gasteiger partial charge in [0.05, 0.1) is 19.0 Å². The van der Waals surface area contributed by atoms with Crippen molar-refractivity contribution in [1.29, 1.82) is 0 Å². The van der Waals surface area contributed by atoms with Crippen LogP contribution < -0.4 is 10.2 Å². The first-order chi connectivity index (χ1) is 13.0. The van der Waals surface area contributed by atoms with Gasteiger partial charge in [-0.05, 0) is 31.4 Å². The van der Waals surface area contributed by atoms with Crippen molar-refractivity contribution in [3.63, 3.8) is 0 Å². The maximum atomic E-state index is 12.4. The molecule has 27 heavy (non-hydrogen) atoms. The van der Waals surface area contributed by atoms with E-state index in [0.29, 0.717) is 32.5 Å². The van der Waals surface area contributed by atoms with E-state index >= 15 is 0 Å². The molecule has 0 atom stereocenters. The highest BCUT2D eigenvalue weighted by Crippen LogP contribution is 2.20. The summed E-state index contributed by atoms with van der Waals surface area (Å²) in [5.74, 6) is 0.893. The van der Waals surface area contributed by atoms with Gasteiger partial charge in [-0.25, -0.2) is 17.7 Å². The van der Waals surface area contributed by atoms with E-state index in [0.717, 1.165) is 37.7 Å². The number of carbonyl (C=O) groups is 1. The molecule has 3 heterocycles. The lowest BCUT2D eigenvalue weighted by molar-refractivity contribution is -0.126. The van der Waals surface area contributed by atoms with Gasteiger partial charge in [0, 0.05) is 44.8 Å². The van der Waals surface area contributed by atoms with Gasteiger partial charge in [-0.1, -0.05) is 6.07 Å². The molecule has 2 fully saturated rings. The number of aromatic nitrogens is 1. The molecule has 0 aliphatic carbocycles. The molecule has 0 aromatic carbocycles. The van der Waals surface area contributed by atoms with Crippen molar-refractivity contribution in [3.8, 4) is 0 Å². The lowest BCUT2D eigenvalue weighted by atomic mass is 9.97. The van der Waals surface area contributed by atoms with Crippen LogP contribution in [0.2, 0.25) is 0 Å². The smallest absolute Gasteiger partial charge is 0.223 e. The van der Waals surface area contributed by atoms with Crippen LogP contribution >= 0.6 is 0 Å². The summed E-state index contributed by atoms with van der Waals surface area (Å²) in [6.45, 7) is 6.05. The topological polar surface area (TPSA) is 91.8 Å². The van der Waals surface area contributed by atoms with Crippen molar-refractivity contribution < 1.29 is 17.9 Å². The molecule has 0 radical (unpaired) electrons. The number of carbonyl (C=O) groups excluding carboxylic acids is 1. The SMILES string of the molecule is CCS(=O)(=O)N1CCC(C(=O)NCc2ccc(N3CCOCC3)nc2)CC1. The first kappa shape index (κ1) is 20.0.